The van der Waals surface area contributed by atoms with Crippen LogP contribution in [0, 0.1) is 0 Å². The van der Waals surface area contributed by atoms with Crippen molar-refractivity contribution in [2.24, 2.45) is 0 Å². The predicted octanol–water partition coefficient (Wildman–Crippen LogP) is 3.41. The molecule has 1 heterocycles. The van der Waals surface area contributed by atoms with Crippen LogP contribution in [0.2, 0.25) is 0 Å². The highest BCUT2D eigenvalue weighted by atomic mass is 32.2. The third kappa shape index (κ3) is 5.09. The first-order valence-electron chi connectivity index (χ1n) is 8.16. The van der Waals surface area contributed by atoms with Gasteiger partial charge in [0.2, 0.25) is 5.91 Å². The van der Waals surface area contributed by atoms with Gasteiger partial charge >= 0.3 is 0 Å². The molecule has 1 atom stereocenters. The molecule has 2 rings (SSSR count). The average molecular weight is 361 g/mol. The first-order valence-corrected chi connectivity index (χ1v) is 9.04. The van der Waals surface area contributed by atoms with Gasteiger partial charge in [-0.05, 0) is 24.5 Å². The number of para-hydroxylation sites is 2. The van der Waals surface area contributed by atoms with Crippen LogP contribution in [0.15, 0.2) is 40.3 Å². The first-order chi connectivity index (χ1) is 11.9. The number of aromatic nitrogens is 2. The van der Waals surface area contributed by atoms with Crippen molar-refractivity contribution in [1.82, 2.24) is 9.97 Å². The lowest BCUT2D eigenvalue weighted by Crippen LogP contribution is -2.25. The van der Waals surface area contributed by atoms with Gasteiger partial charge in [0.25, 0.3) is 5.56 Å². The molecule has 0 radical (unpaired) electrons. The summed E-state index contributed by atoms with van der Waals surface area (Å²) >= 11 is 1.26. The van der Waals surface area contributed by atoms with Crippen LogP contribution in [-0.2, 0) is 4.79 Å². The van der Waals surface area contributed by atoms with Crippen molar-refractivity contribution in [3.63, 3.8) is 0 Å². The Labute approximate surface area is 151 Å². The Morgan fingerprint density at radius 2 is 2.08 bits per heavy atom. The number of amides is 1. The molecule has 0 aliphatic heterocycles. The van der Waals surface area contributed by atoms with Crippen LogP contribution in [0.4, 0.5) is 5.69 Å². The van der Waals surface area contributed by atoms with Gasteiger partial charge in [-0.1, -0.05) is 44.7 Å². The molecular weight excluding hydrogens is 338 g/mol. The van der Waals surface area contributed by atoms with Gasteiger partial charge < -0.3 is 15.0 Å². The first kappa shape index (κ1) is 19.1. The van der Waals surface area contributed by atoms with Gasteiger partial charge in [-0.25, -0.2) is 4.98 Å². The summed E-state index contributed by atoms with van der Waals surface area (Å²) in [4.78, 5) is 31.6. The predicted molar refractivity (Wildman–Crippen MR) is 101 cm³/mol. The molecular formula is C18H23N3O3S. The maximum atomic E-state index is 12.6. The molecule has 2 aromatic rings. The molecule has 0 fully saturated rings. The summed E-state index contributed by atoms with van der Waals surface area (Å²) in [6.07, 6.45) is 0.598. The molecule has 0 bridgehead atoms. The zero-order valence-electron chi connectivity index (χ0n) is 14.8. The zero-order valence-corrected chi connectivity index (χ0v) is 15.6. The van der Waals surface area contributed by atoms with Crippen LogP contribution < -0.4 is 15.6 Å². The van der Waals surface area contributed by atoms with Crippen LogP contribution in [0.25, 0.3) is 0 Å². The fourth-order valence-electron chi connectivity index (χ4n) is 2.22. The van der Waals surface area contributed by atoms with Crippen molar-refractivity contribution in [1.29, 1.82) is 0 Å². The molecule has 1 amide bonds. The smallest absolute Gasteiger partial charge is 0.251 e. The Morgan fingerprint density at radius 1 is 1.36 bits per heavy atom. The van der Waals surface area contributed by atoms with Gasteiger partial charge in [-0.2, -0.15) is 0 Å². The molecule has 0 aliphatic carbocycles. The topological polar surface area (TPSA) is 84.1 Å². The fourth-order valence-corrected chi connectivity index (χ4v) is 3.14. The quantitative estimate of drug-likeness (QED) is 0.583. The Hall–Kier alpha value is -2.28. The number of thioether (sulfide) groups is 1. The highest BCUT2D eigenvalue weighted by molar-refractivity contribution is 8.00. The maximum absolute atomic E-state index is 12.6. The Kier molecular flexibility index (Phi) is 6.64. The lowest BCUT2D eigenvalue weighted by atomic mass is 10.1. The van der Waals surface area contributed by atoms with Gasteiger partial charge in [0, 0.05) is 6.07 Å². The monoisotopic (exact) mass is 361 g/mol. The third-order valence-corrected chi connectivity index (χ3v) is 4.86. The van der Waals surface area contributed by atoms with E-state index in [-0.39, 0.29) is 22.6 Å². The van der Waals surface area contributed by atoms with Crippen molar-refractivity contribution >= 4 is 23.4 Å². The van der Waals surface area contributed by atoms with Crippen LogP contribution in [0.1, 0.15) is 38.8 Å². The zero-order chi connectivity index (χ0) is 18.4. The molecule has 0 saturated heterocycles. The largest absolute Gasteiger partial charge is 0.495 e. The molecule has 0 aliphatic rings. The summed E-state index contributed by atoms with van der Waals surface area (Å²) in [5, 5.41) is 2.96. The van der Waals surface area contributed by atoms with Crippen LogP contribution in [0.3, 0.4) is 0 Å². The van der Waals surface area contributed by atoms with E-state index >= 15 is 0 Å². The highest BCUT2D eigenvalue weighted by Gasteiger charge is 2.21. The number of carbonyl (C=O) groups excluding carboxylic acids is 1. The minimum atomic E-state index is -0.379. The minimum Gasteiger partial charge on any atom is -0.495 e. The Balaban J connectivity index is 2.17. The SMILES string of the molecule is CCC(Sc1nc(C(C)C)cc(=O)[nH]1)C(=O)Nc1ccccc1OC. The van der Waals surface area contributed by atoms with E-state index in [1.54, 1.807) is 19.2 Å². The Bertz CT molecular complexity index is 789. The van der Waals surface area contributed by atoms with Crippen molar-refractivity contribution in [2.75, 3.05) is 12.4 Å². The number of hydrogen-bond donors (Lipinski definition) is 2. The third-order valence-electron chi connectivity index (χ3n) is 3.61. The fraction of sp³-hybridized carbons (Fsp3) is 0.389. The van der Waals surface area contributed by atoms with E-state index in [0.717, 1.165) is 0 Å². The second-order valence-corrected chi connectivity index (χ2v) is 7.03. The van der Waals surface area contributed by atoms with E-state index in [2.05, 4.69) is 15.3 Å². The Morgan fingerprint density at radius 3 is 2.72 bits per heavy atom. The van der Waals surface area contributed by atoms with E-state index in [9.17, 15) is 9.59 Å². The van der Waals surface area contributed by atoms with E-state index in [0.29, 0.717) is 28.7 Å². The number of anilines is 1. The van der Waals surface area contributed by atoms with Gasteiger partial charge in [0.05, 0.1) is 23.7 Å². The van der Waals surface area contributed by atoms with Gasteiger partial charge in [-0.15, -0.1) is 0 Å². The van der Waals surface area contributed by atoms with E-state index in [1.165, 1.54) is 17.8 Å². The molecule has 134 valence electrons. The molecule has 1 unspecified atom stereocenters. The van der Waals surface area contributed by atoms with Crippen LogP contribution in [0.5, 0.6) is 5.75 Å². The summed E-state index contributed by atoms with van der Waals surface area (Å²) < 4.78 is 5.25. The summed E-state index contributed by atoms with van der Waals surface area (Å²) in [7, 11) is 1.56. The van der Waals surface area contributed by atoms with E-state index in [4.69, 9.17) is 4.74 Å². The minimum absolute atomic E-state index is 0.143. The highest BCUT2D eigenvalue weighted by Crippen LogP contribution is 2.27. The van der Waals surface area contributed by atoms with Crippen molar-refractivity contribution in [2.45, 2.75) is 43.5 Å². The summed E-state index contributed by atoms with van der Waals surface area (Å²) in [5.74, 6) is 0.586. The number of H-pyrrole nitrogens is 1. The number of methoxy groups -OCH3 is 1. The van der Waals surface area contributed by atoms with Gasteiger partial charge in [0.1, 0.15) is 5.75 Å². The number of nitrogens with zero attached hydrogens (tertiary/aromatic N) is 1. The molecule has 0 spiro atoms. The number of carbonyl (C=O) groups is 1. The second-order valence-electron chi connectivity index (χ2n) is 5.83. The number of benzene rings is 1. The van der Waals surface area contributed by atoms with E-state index in [1.807, 2.05) is 32.9 Å². The van der Waals surface area contributed by atoms with Crippen molar-refractivity contribution in [3.05, 3.63) is 46.4 Å². The average Bonchev–Trinajstić information content (AvgIpc) is 2.59. The number of nitrogens with one attached hydrogen (secondary N) is 2. The molecule has 1 aromatic heterocycles. The van der Waals surface area contributed by atoms with Crippen molar-refractivity contribution in [3.8, 4) is 5.75 Å². The van der Waals surface area contributed by atoms with Gasteiger partial charge in [-0.3, -0.25) is 9.59 Å². The summed E-state index contributed by atoms with van der Waals surface area (Å²) in [5.41, 5.74) is 1.12. The number of aromatic amines is 1. The molecule has 2 N–H and O–H groups in total. The van der Waals surface area contributed by atoms with Crippen LogP contribution in [-0.4, -0.2) is 28.2 Å². The maximum Gasteiger partial charge on any atom is 0.251 e. The van der Waals surface area contributed by atoms with Gasteiger partial charge in [0.15, 0.2) is 5.16 Å². The summed E-state index contributed by atoms with van der Waals surface area (Å²) in [6.45, 7) is 5.87. The molecule has 6 nitrogen and oxygen atoms in total. The number of rotatable bonds is 7. The van der Waals surface area contributed by atoms with Crippen LogP contribution >= 0.6 is 11.8 Å². The normalized spacial score (nSPS) is 12.0. The molecule has 1 aromatic carbocycles. The standard InChI is InChI=1S/C18H23N3O3S/c1-5-15(17(23)19-12-8-6-7-9-14(12)24-4)25-18-20-13(11(2)3)10-16(22)21-18/h6-11,15H,5H2,1-4H3,(H,19,23)(H,20,21,22). The van der Waals surface area contributed by atoms with Crippen molar-refractivity contribution < 1.29 is 9.53 Å². The number of ether oxygens (including phenoxy) is 1. The molecule has 0 saturated carbocycles. The lowest BCUT2D eigenvalue weighted by Gasteiger charge is -2.16. The molecule has 25 heavy (non-hydrogen) atoms. The van der Waals surface area contributed by atoms with E-state index < -0.39 is 0 Å². The molecule has 7 heteroatoms. The number of hydrogen-bond acceptors (Lipinski definition) is 5. The lowest BCUT2D eigenvalue weighted by molar-refractivity contribution is -0.115. The second kappa shape index (κ2) is 8.71. The summed E-state index contributed by atoms with van der Waals surface area (Å²) in [6, 6.07) is 8.73.